The van der Waals surface area contributed by atoms with Crippen LogP contribution in [-0.4, -0.2) is 28.7 Å². The number of fused-ring (bicyclic) bond motifs is 1. The van der Waals surface area contributed by atoms with Crippen molar-refractivity contribution >= 4 is 16.9 Å². The number of halogens is 2. The minimum Gasteiger partial charge on any atom is -0.477 e. The van der Waals surface area contributed by atoms with Gasteiger partial charge in [-0.2, -0.15) is 0 Å². The quantitative estimate of drug-likeness (QED) is 0.726. The highest BCUT2D eigenvalue weighted by Gasteiger charge is 2.22. The van der Waals surface area contributed by atoms with Crippen molar-refractivity contribution in [3.8, 4) is 5.69 Å². The molecule has 7 heteroatoms. The van der Waals surface area contributed by atoms with E-state index in [1.807, 2.05) is 0 Å². The first kappa shape index (κ1) is 18.3. The predicted molar refractivity (Wildman–Crippen MR) is 101 cm³/mol. The van der Waals surface area contributed by atoms with Crippen molar-refractivity contribution in [3.63, 3.8) is 0 Å². The van der Waals surface area contributed by atoms with E-state index >= 15 is 0 Å². The van der Waals surface area contributed by atoms with Gasteiger partial charge in [0.25, 0.3) is 0 Å². The van der Waals surface area contributed by atoms with Gasteiger partial charge in [0.1, 0.15) is 17.2 Å². The zero-order valence-electron chi connectivity index (χ0n) is 14.9. The molecule has 0 saturated carbocycles. The SMILES string of the molecule is O=C(O)c1cn(-c2ccc(F)cc2)c2cc(C3CCNCC3)c(F)cc2c1=O. The molecule has 3 aromatic rings. The summed E-state index contributed by atoms with van der Waals surface area (Å²) >= 11 is 0. The molecule has 1 aliphatic heterocycles. The lowest BCUT2D eigenvalue weighted by Crippen LogP contribution is -2.27. The number of hydrogen-bond acceptors (Lipinski definition) is 3. The Hall–Kier alpha value is -3.06. The summed E-state index contributed by atoms with van der Waals surface area (Å²) in [5.41, 5.74) is 0.183. The lowest BCUT2D eigenvalue weighted by Gasteiger charge is -2.24. The van der Waals surface area contributed by atoms with E-state index in [4.69, 9.17) is 0 Å². The Balaban J connectivity index is 2.01. The summed E-state index contributed by atoms with van der Waals surface area (Å²) in [5, 5.41) is 12.6. The van der Waals surface area contributed by atoms with Gasteiger partial charge in [-0.05, 0) is 73.8 Å². The van der Waals surface area contributed by atoms with Crippen molar-refractivity contribution in [3.05, 3.63) is 75.6 Å². The Kier molecular flexibility index (Phi) is 4.68. The number of carbonyl (C=O) groups is 1. The molecular formula is C21H18F2N2O3. The summed E-state index contributed by atoms with van der Waals surface area (Å²) < 4.78 is 29.7. The van der Waals surface area contributed by atoms with E-state index in [1.54, 1.807) is 6.07 Å². The molecule has 0 atom stereocenters. The Labute approximate surface area is 159 Å². The van der Waals surface area contributed by atoms with E-state index in [0.29, 0.717) is 16.8 Å². The Morgan fingerprint density at radius 1 is 1.11 bits per heavy atom. The summed E-state index contributed by atoms with van der Waals surface area (Å²) in [7, 11) is 0. The summed E-state index contributed by atoms with van der Waals surface area (Å²) in [5.74, 6) is -2.33. The van der Waals surface area contributed by atoms with Gasteiger partial charge < -0.3 is 15.0 Å². The van der Waals surface area contributed by atoms with Crippen LogP contribution in [0.4, 0.5) is 8.78 Å². The lowest BCUT2D eigenvalue weighted by atomic mass is 9.89. The molecule has 0 amide bonds. The number of hydrogen-bond donors (Lipinski definition) is 2. The van der Waals surface area contributed by atoms with Crippen LogP contribution in [0.1, 0.15) is 34.7 Å². The van der Waals surface area contributed by atoms with Crippen LogP contribution in [0.2, 0.25) is 0 Å². The molecular weight excluding hydrogens is 366 g/mol. The fourth-order valence-electron chi connectivity index (χ4n) is 3.77. The van der Waals surface area contributed by atoms with Gasteiger partial charge in [-0.25, -0.2) is 13.6 Å². The number of nitrogens with one attached hydrogen (secondary N) is 1. The second-order valence-corrected chi connectivity index (χ2v) is 6.94. The maximum Gasteiger partial charge on any atom is 0.341 e. The van der Waals surface area contributed by atoms with Gasteiger partial charge in [-0.3, -0.25) is 4.79 Å². The fourth-order valence-corrected chi connectivity index (χ4v) is 3.77. The highest BCUT2D eigenvalue weighted by molar-refractivity contribution is 5.93. The van der Waals surface area contributed by atoms with Crippen molar-refractivity contribution < 1.29 is 18.7 Å². The summed E-state index contributed by atoms with van der Waals surface area (Å²) in [6.07, 6.45) is 2.76. The van der Waals surface area contributed by atoms with E-state index in [1.165, 1.54) is 35.0 Å². The minimum absolute atomic E-state index is 0.0144. The van der Waals surface area contributed by atoms with E-state index < -0.39 is 28.6 Å². The first-order valence-corrected chi connectivity index (χ1v) is 9.04. The number of aromatic nitrogens is 1. The molecule has 0 unspecified atom stereocenters. The molecule has 4 rings (SSSR count). The minimum atomic E-state index is -1.40. The first-order chi connectivity index (χ1) is 13.5. The maximum absolute atomic E-state index is 14.8. The molecule has 1 aliphatic rings. The average molecular weight is 384 g/mol. The van der Waals surface area contributed by atoms with Crippen molar-refractivity contribution in [2.45, 2.75) is 18.8 Å². The zero-order valence-corrected chi connectivity index (χ0v) is 14.9. The molecule has 28 heavy (non-hydrogen) atoms. The number of aromatic carboxylic acids is 1. The molecule has 0 radical (unpaired) electrons. The van der Waals surface area contributed by atoms with Crippen LogP contribution in [-0.2, 0) is 0 Å². The Morgan fingerprint density at radius 3 is 2.43 bits per heavy atom. The number of pyridine rings is 1. The number of carboxylic acids is 1. The lowest BCUT2D eigenvalue weighted by molar-refractivity contribution is 0.0695. The monoisotopic (exact) mass is 384 g/mol. The number of nitrogens with zero attached hydrogens (tertiary/aromatic N) is 1. The molecule has 0 bridgehead atoms. The summed E-state index contributed by atoms with van der Waals surface area (Å²) in [4.78, 5) is 24.1. The third kappa shape index (κ3) is 3.18. The predicted octanol–water partition coefficient (Wildman–Crippen LogP) is 3.43. The Morgan fingerprint density at radius 2 is 1.79 bits per heavy atom. The van der Waals surface area contributed by atoms with Gasteiger partial charge in [0.05, 0.1) is 5.52 Å². The van der Waals surface area contributed by atoms with E-state index in [-0.39, 0.29) is 11.3 Å². The molecule has 0 aliphatic carbocycles. The molecule has 144 valence electrons. The van der Waals surface area contributed by atoms with Crippen LogP contribution in [0.5, 0.6) is 0 Å². The van der Waals surface area contributed by atoms with Crippen molar-refractivity contribution in [1.29, 1.82) is 0 Å². The Bertz CT molecular complexity index is 1120. The van der Waals surface area contributed by atoms with Crippen LogP contribution in [0.25, 0.3) is 16.6 Å². The number of rotatable bonds is 3. The van der Waals surface area contributed by atoms with Crippen LogP contribution < -0.4 is 10.7 Å². The van der Waals surface area contributed by atoms with Crippen LogP contribution in [0.15, 0.2) is 47.4 Å². The molecule has 2 N–H and O–H groups in total. The molecule has 1 fully saturated rings. The van der Waals surface area contributed by atoms with Crippen molar-refractivity contribution in [2.24, 2.45) is 0 Å². The van der Waals surface area contributed by atoms with Gasteiger partial charge in [0.2, 0.25) is 5.43 Å². The van der Waals surface area contributed by atoms with Gasteiger partial charge in [-0.15, -0.1) is 0 Å². The smallest absolute Gasteiger partial charge is 0.341 e. The normalized spacial score (nSPS) is 15.1. The standard InChI is InChI=1S/C21H18F2N2O3/c22-13-1-3-14(4-2-13)25-11-17(21(27)28)20(26)16-9-18(23)15(10-19(16)25)12-5-7-24-8-6-12/h1-4,9-12,24H,5-8H2,(H,27,28). The van der Waals surface area contributed by atoms with Crippen molar-refractivity contribution in [1.82, 2.24) is 9.88 Å². The second kappa shape index (κ2) is 7.16. The largest absolute Gasteiger partial charge is 0.477 e. The summed E-state index contributed by atoms with van der Waals surface area (Å²) in [6.45, 7) is 1.57. The van der Waals surface area contributed by atoms with E-state index in [0.717, 1.165) is 32.0 Å². The summed E-state index contributed by atoms with van der Waals surface area (Å²) in [6, 6.07) is 8.21. The van der Waals surface area contributed by atoms with Gasteiger partial charge in [0.15, 0.2) is 0 Å². The van der Waals surface area contributed by atoms with E-state index in [2.05, 4.69) is 5.32 Å². The average Bonchev–Trinajstić information content (AvgIpc) is 2.69. The fraction of sp³-hybridized carbons (Fsp3) is 0.238. The highest BCUT2D eigenvalue weighted by Crippen LogP contribution is 2.31. The van der Waals surface area contributed by atoms with Crippen LogP contribution >= 0.6 is 0 Å². The number of benzene rings is 2. The molecule has 1 saturated heterocycles. The van der Waals surface area contributed by atoms with Gasteiger partial charge in [0, 0.05) is 17.3 Å². The maximum atomic E-state index is 14.8. The van der Waals surface area contributed by atoms with Gasteiger partial charge in [-0.1, -0.05) is 0 Å². The van der Waals surface area contributed by atoms with Gasteiger partial charge >= 0.3 is 5.97 Å². The number of piperidine rings is 1. The molecule has 2 aromatic carbocycles. The second-order valence-electron chi connectivity index (χ2n) is 6.94. The van der Waals surface area contributed by atoms with Crippen molar-refractivity contribution in [2.75, 3.05) is 13.1 Å². The van der Waals surface area contributed by atoms with Crippen LogP contribution in [0, 0.1) is 11.6 Å². The first-order valence-electron chi connectivity index (χ1n) is 9.04. The van der Waals surface area contributed by atoms with E-state index in [9.17, 15) is 23.5 Å². The third-order valence-electron chi connectivity index (χ3n) is 5.24. The topological polar surface area (TPSA) is 71.3 Å². The zero-order chi connectivity index (χ0) is 19.8. The highest BCUT2D eigenvalue weighted by atomic mass is 19.1. The number of carboxylic acid groups (broad SMARTS) is 1. The molecule has 1 aromatic heterocycles. The molecule has 2 heterocycles. The van der Waals surface area contributed by atoms with Crippen LogP contribution in [0.3, 0.4) is 0 Å². The third-order valence-corrected chi connectivity index (χ3v) is 5.24. The molecule has 0 spiro atoms. The molecule has 5 nitrogen and oxygen atoms in total.